The standard InChI is InChI=1S/C29H32Cl2N2O3S/c1-20-7-11-23(12-8-20)28(29(32)34)24-13-9-22(10-14-24)19-33(18-21-5-3-2-4-6-21)37(35,36)27-17-25(30)15-16-26(27)31/h2-8,11-12,15-17,22,24,28H,9-10,13-14,18-19H2,1H3,(H2,32,34). The topological polar surface area (TPSA) is 80.5 Å². The van der Waals surface area contributed by atoms with Gasteiger partial charge in [0.05, 0.1) is 10.9 Å². The van der Waals surface area contributed by atoms with Gasteiger partial charge in [-0.25, -0.2) is 8.42 Å². The van der Waals surface area contributed by atoms with Crippen LogP contribution in [0.3, 0.4) is 0 Å². The number of hydrogen-bond donors (Lipinski definition) is 1. The third kappa shape index (κ3) is 6.74. The van der Waals surface area contributed by atoms with Crippen molar-refractivity contribution < 1.29 is 13.2 Å². The van der Waals surface area contributed by atoms with E-state index in [-0.39, 0.29) is 40.1 Å². The van der Waals surface area contributed by atoms with Gasteiger partial charge in [-0.05, 0) is 73.8 Å². The third-order valence-electron chi connectivity index (χ3n) is 7.28. The zero-order valence-corrected chi connectivity index (χ0v) is 23.1. The molecule has 0 spiro atoms. The fourth-order valence-corrected chi connectivity index (χ4v) is 7.52. The summed E-state index contributed by atoms with van der Waals surface area (Å²) in [5.41, 5.74) is 8.82. The molecule has 1 unspecified atom stereocenters. The van der Waals surface area contributed by atoms with E-state index in [4.69, 9.17) is 28.9 Å². The molecule has 37 heavy (non-hydrogen) atoms. The maximum atomic E-state index is 13.8. The van der Waals surface area contributed by atoms with Crippen LogP contribution < -0.4 is 5.73 Å². The first-order chi connectivity index (χ1) is 17.6. The van der Waals surface area contributed by atoms with Gasteiger partial charge in [0.25, 0.3) is 0 Å². The average molecular weight is 560 g/mol. The molecule has 1 fully saturated rings. The smallest absolute Gasteiger partial charge is 0.244 e. The first kappa shape index (κ1) is 27.6. The molecular formula is C29H32Cl2N2O3S. The van der Waals surface area contributed by atoms with E-state index in [0.29, 0.717) is 11.6 Å². The van der Waals surface area contributed by atoms with Crippen LogP contribution in [0.15, 0.2) is 77.7 Å². The normalized spacial score (nSPS) is 19.0. The number of halogens is 2. The van der Waals surface area contributed by atoms with Crippen LogP contribution in [0.1, 0.15) is 48.3 Å². The van der Waals surface area contributed by atoms with Gasteiger partial charge in [-0.15, -0.1) is 0 Å². The summed E-state index contributed by atoms with van der Waals surface area (Å²) in [5.74, 6) is -0.357. The van der Waals surface area contributed by atoms with Gasteiger partial charge in [-0.3, -0.25) is 4.79 Å². The molecule has 5 nitrogen and oxygen atoms in total. The molecule has 4 rings (SSSR count). The largest absolute Gasteiger partial charge is 0.369 e. The minimum Gasteiger partial charge on any atom is -0.369 e. The first-order valence-corrected chi connectivity index (χ1v) is 14.7. The van der Waals surface area contributed by atoms with Crippen molar-refractivity contribution in [1.82, 2.24) is 4.31 Å². The molecule has 1 atom stereocenters. The summed E-state index contributed by atoms with van der Waals surface area (Å²) in [6.07, 6.45) is 3.24. The van der Waals surface area contributed by atoms with Crippen LogP contribution in [0.5, 0.6) is 0 Å². The lowest BCUT2D eigenvalue weighted by Crippen LogP contribution is -2.37. The molecule has 1 aliphatic rings. The second kappa shape index (κ2) is 12.0. The SMILES string of the molecule is Cc1ccc(C(C(N)=O)C2CCC(CN(Cc3ccccc3)S(=O)(=O)c3cc(Cl)ccc3Cl)CC2)cc1. The molecule has 3 aromatic carbocycles. The predicted molar refractivity (Wildman–Crippen MR) is 149 cm³/mol. The molecule has 196 valence electrons. The fourth-order valence-electron chi connectivity index (χ4n) is 5.28. The van der Waals surface area contributed by atoms with Crippen LogP contribution in [-0.4, -0.2) is 25.2 Å². The lowest BCUT2D eigenvalue weighted by atomic mass is 9.73. The van der Waals surface area contributed by atoms with Gasteiger partial charge >= 0.3 is 0 Å². The van der Waals surface area contributed by atoms with Crippen molar-refractivity contribution in [1.29, 1.82) is 0 Å². The van der Waals surface area contributed by atoms with Crippen molar-refractivity contribution in [3.8, 4) is 0 Å². The quantitative estimate of drug-likeness (QED) is 0.322. The summed E-state index contributed by atoms with van der Waals surface area (Å²) in [6, 6.07) is 22.0. The number of rotatable bonds is 9. The Kier molecular flexibility index (Phi) is 8.96. The molecular weight excluding hydrogens is 527 g/mol. The molecule has 1 amide bonds. The van der Waals surface area contributed by atoms with Gasteiger partial charge in [0, 0.05) is 18.1 Å². The van der Waals surface area contributed by atoms with Crippen LogP contribution in [0.25, 0.3) is 0 Å². The second-order valence-corrected chi connectivity index (χ2v) is 12.7. The maximum absolute atomic E-state index is 13.8. The second-order valence-electron chi connectivity index (χ2n) is 9.93. The Bertz CT molecular complexity index is 1320. The number of sulfonamides is 1. The van der Waals surface area contributed by atoms with Crippen LogP contribution >= 0.6 is 23.2 Å². The van der Waals surface area contributed by atoms with E-state index in [1.807, 2.05) is 61.5 Å². The Morgan fingerprint density at radius 2 is 1.62 bits per heavy atom. The van der Waals surface area contributed by atoms with Crippen molar-refractivity contribution in [3.05, 3.63) is 99.5 Å². The number of benzene rings is 3. The molecule has 0 aromatic heterocycles. The van der Waals surface area contributed by atoms with Gasteiger partial charge in [0.2, 0.25) is 15.9 Å². The minimum atomic E-state index is -3.90. The van der Waals surface area contributed by atoms with Gasteiger partial charge in [0.15, 0.2) is 0 Å². The highest BCUT2D eigenvalue weighted by Crippen LogP contribution is 2.39. The predicted octanol–water partition coefficient (Wildman–Crippen LogP) is 6.57. The monoisotopic (exact) mass is 558 g/mol. The number of aryl methyl sites for hydroxylation is 1. The van der Waals surface area contributed by atoms with Gasteiger partial charge < -0.3 is 5.73 Å². The van der Waals surface area contributed by atoms with Crippen molar-refractivity contribution in [3.63, 3.8) is 0 Å². The van der Waals surface area contributed by atoms with Gasteiger partial charge in [-0.2, -0.15) is 4.31 Å². The molecule has 2 N–H and O–H groups in total. The van der Waals surface area contributed by atoms with E-state index >= 15 is 0 Å². The number of carbonyl (C=O) groups excluding carboxylic acids is 1. The zero-order valence-electron chi connectivity index (χ0n) is 20.8. The van der Waals surface area contributed by atoms with E-state index in [0.717, 1.165) is 42.4 Å². The lowest BCUT2D eigenvalue weighted by Gasteiger charge is -2.35. The highest BCUT2D eigenvalue weighted by atomic mass is 35.5. The maximum Gasteiger partial charge on any atom is 0.244 e. The van der Waals surface area contributed by atoms with Crippen molar-refractivity contribution in [2.24, 2.45) is 17.6 Å². The molecule has 1 aliphatic carbocycles. The highest BCUT2D eigenvalue weighted by Gasteiger charge is 2.35. The molecule has 0 bridgehead atoms. The van der Waals surface area contributed by atoms with Gasteiger partial charge in [-0.1, -0.05) is 83.4 Å². The average Bonchev–Trinajstić information content (AvgIpc) is 2.88. The van der Waals surface area contributed by atoms with Crippen molar-refractivity contribution >= 4 is 39.1 Å². The molecule has 8 heteroatoms. The Hall–Kier alpha value is -2.38. The Morgan fingerprint density at radius 3 is 2.24 bits per heavy atom. The fraction of sp³-hybridized carbons (Fsp3) is 0.345. The molecule has 0 aliphatic heterocycles. The van der Waals surface area contributed by atoms with E-state index < -0.39 is 10.0 Å². The van der Waals surface area contributed by atoms with E-state index in [2.05, 4.69) is 0 Å². The number of hydrogen-bond acceptors (Lipinski definition) is 3. The van der Waals surface area contributed by atoms with E-state index in [9.17, 15) is 13.2 Å². The summed E-state index contributed by atoms with van der Waals surface area (Å²) in [6.45, 7) is 2.61. The number of primary amides is 1. The van der Waals surface area contributed by atoms with E-state index in [1.165, 1.54) is 16.4 Å². The van der Waals surface area contributed by atoms with Gasteiger partial charge in [0.1, 0.15) is 4.90 Å². The Labute approximate surface area is 229 Å². The summed E-state index contributed by atoms with van der Waals surface area (Å²) in [7, 11) is -3.90. The van der Waals surface area contributed by atoms with Crippen LogP contribution in [0.2, 0.25) is 10.0 Å². The van der Waals surface area contributed by atoms with Crippen LogP contribution in [-0.2, 0) is 21.4 Å². The van der Waals surface area contributed by atoms with E-state index in [1.54, 1.807) is 6.07 Å². The lowest BCUT2D eigenvalue weighted by molar-refractivity contribution is -0.121. The summed E-state index contributed by atoms with van der Waals surface area (Å²) >= 11 is 12.4. The molecule has 3 aromatic rings. The number of nitrogens with two attached hydrogens (primary N) is 1. The molecule has 0 radical (unpaired) electrons. The Balaban J connectivity index is 1.53. The number of nitrogens with zero attached hydrogens (tertiary/aromatic N) is 1. The summed E-state index contributed by atoms with van der Waals surface area (Å²) < 4.78 is 29.1. The molecule has 0 saturated heterocycles. The molecule has 1 saturated carbocycles. The zero-order chi connectivity index (χ0) is 26.6. The summed E-state index contributed by atoms with van der Waals surface area (Å²) in [5, 5.41) is 0.463. The minimum absolute atomic E-state index is 0.0134. The van der Waals surface area contributed by atoms with Crippen LogP contribution in [0, 0.1) is 18.8 Å². The highest BCUT2D eigenvalue weighted by molar-refractivity contribution is 7.89. The first-order valence-electron chi connectivity index (χ1n) is 12.5. The molecule has 0 heterocycles. The summed E-state index contributed by atoms with van der Waals surface area (Å²) in [4.78, 5) is 12.4. The number of carbonyl (C=O) groups is 1. The number of amides is 1. The van der Waals surface area contributed by atoms with Crippen molar-refractivity contribution in [2.75, 3.05) is 6.54 Å². The van der Waals surface area contributed by atoms with Crippen LogP contribution in [0.4, 0.5) is 0 Å². The Morgan fingerprint density at radius 1 is 0.973 bits per heavy atom. The third-order valence-corrected chi connectivity index (χ3v) is 9.81. The van der Waals surface area contributed by atoms with Crippen molar-refractivity contribution in [2.45, 2.75) is 50.0 Å².